The second kappa shape index (κ2) is 6.72. The third-order valence-electron chi connectivity index (χ3n) is 3.97. The van der Waals surface area contributed by atoms with Crippen molar-refractivity contribution < 1.29 is 9.47 Å². The molecule has 1 aliphatic rings. The predicted octanol–water partition coefficient (Wildman–Crippen LogP) is 4.96. The van der Waals surface area contributed by atoms with Crippen molar-refractivity contribution in [1.29, 1.82) is 0 Å². The van der Waals surface area contributed by atoms with Crippen LogP contribution in [0.4, 0.5) is 23.1 Å². The van der Waals surface area contributed by atoms with Crippen molar-refractivity contribution in [2.24, 2.45) is 0 Å². The topological polar surface area (TPSA) is 68.3 Å². The Labute approximate surface area is 156 Å². The molecule has 4 rings (SSSR count). The molecule has 2 heterocycles. The first-order chi connectivity index (χ1) is 12.6. The zero-order chi connectivity index (χ0) is 18.1. The summed E-state index contributed by atoms with van der Waals surface area (Å²) in [7, 11) is 0. The molecule has 0 bridgehead atoms. The molecule has 1 aliphatic heterocycles. The summed E-state index contributed by atoms with van der Waals surface area (Å²) in [5, 5.41) is 7.09. The minimum absolute atomic E-state index is 0.241. The van der Waals surface area contributed by atoms with Crippen LogP contribution in [0.2, 0.25) is 5.02 Å². The average molecular weight is 369 g/mol. The van der Waals surface area contributed by atoms with Gasteiger partial charge in [-0.2, -0.15) is 4.98 Å². The number of hydrogen-bond donors (Lipinski definition) is 2. The van der Waals surface area contributed by atoms with Gasteiger partial charge in [-0.1, -0.05) is 17.7 Å². The molecule has 1 aromatic heterocycles. The van der Waals surface area contributed by atoms with Crippen LogP contribution in [-0.2, 0) is 0 Å². The van der Waals surface area contributed by atoms with E-state index < -0.39 is 0 Å². The van der Waals surface area contributed by atoms with Gasteiger partial charge in [0.1, 0.15) is 5.82 Å². The van der Waals surface area contributed by atoms with Crippen molar-refractivity contribution in [3.63, 3.8) is 0 Å². The van der Waals surface area contributed by atoms with Gasteiger partial charge in [0, 0.05) is 18.0 Å². The molecule has 0 spiro atoms. The highest BCUT2D eigenvalue weighted by Gasteiger charge is 2.14. The summed E-state index contributed by atoms with van der Waals surface area (Å²) in [6, 6.07) is 11.4. The molecule has 0 saturated heterocycles. The number of aryl methyl sites for hydroxylation is 2. The van der Waals surface area contributed by atoms with Crippen LogP contribution in [0.15, 0.2) is 42.6 Å². The van der Waals surface area contributed by atoms with Crippen LogP contribution in [0.3, 0.4) is 0 Å². The predicted molar refractivity (Wildman–Crippen MR) is 102 cm³/mol. The maximum atomic E-state index is 6.36. The smallest absolute Gasteiger partial charge is 0.231 e. The van der Waals surface area contributed by atoms with Crippen LogP contribution >= 0.6 is 11.6 Å². The third kappa shape index (κ3) is 3.36. The first kappa shape index (κ1) is 16.5. The van der Waals surface area contributed by atoms with E-state index in [1.807, 2.05) is 38.1 Å². The number of nitrogens with one attached hydrogen (secondary N) is 2. The molecule has 0 aliphatic carbocycles. The van der Waals surface area contributed by atoms with Gasteiger partial charge in [-0.25, -0.2) is 4.98 Å². The van der Waals surface area contributed by atoms with Crippen molar-refractivity contribution in [3.8, 4) is 11.5 Å². The molecule has 132 valence electrons. The fraction of sp³-hybridized carbons (Fsp3) is 0.158. The Balaban J connectivity index is 1.56. The zero-order valence-electron chi connectivity index (χ0n) is 14.3. The summed E-state index contributed by atoms with van der Waals surface area (Å²) in [5.74, 6) is 2.55. The van der Waals surface area contributed by atoms with Gasteiger partial charge < -0.3 is 20.1 Å². The number of hydrogen-bond acceptors (Lipinski definition) is 6. The molecule has 0 atom stereocenters. The lowest BCUT2D eigenvalue weighted by atomic mass is 10.1. The van der Waals surface area contributed by atoms with E-state index in [0.29, 0.717) is 22.5 Å². The molecule has 0 fully saturated rings. The fourth-order valence-corrected chi connectivity index (χ4v) is 3.16. The molecule has 0 radical (unpaired) electrons. The first-order valence-corrected chi connectivity index (χ1v) is 8.50. The Bertz CT molecular complexity index is 954. The standard InChI is InChI=1S/C19H17ClN4O2/c1-11-7-12(2)18(14(20)8-11)23-17-5-6-21-19(24-17)22-13-3-4-15-16(9-13)26-10-25-15/h3-9H,10H2,1-2H3,(H2,21,22,23,24). The molecule has 3 aromatic rings. The Morgan fingerprint density at radius 3 is 2.69 bits per heavy atom. The van der Waals surface area contributed by atoms with E-state index in [0.717, 1.165) is 28.3 Å². The van der Waals surface area contributed by atoms with Crippen LogP contribution in [0.1, 0.15) is 11.1 Å². The Morgan fingerprint density at radius 2 is 1.85 bits per heavy atom. The number of ether oxygens (including phenoxy) is 2. The quantitative estimate of drug-likeness (QED) is 0.678. The van der Waals surface area contributed by atoms with E-state index in [1.54, 1.807) is 12.3 Å². The maximum Gasteiger partial charge on any atom is 0.231 e. The van der Waals surface area contributed by atoms with Gasteiger partial charge >= 0.3 is 0 Å². The van der Waals surface area contributed by atoms with Crippen LogP contribution in [0.25, 0.3) is 0 Å². The largest absolute Gasteiger partial charge is 0.454 e. The van der Waals surface area contributed by atoms with E-state index >= 15 is 0 Å². The molecule has 6 nitrogen and oxygen atoms in total. The number of nitrogens with zero attached hydrogens (tertiary/aromatic N) is 2. The lowest BCUT2D eigenvalue weighted by Crippen LogP contribution is -2.02. The molecule has 0 amide bonds. The Morgan fingerprint density at radius 1 is 1.00 bits per heavy atom. The highest BCUT2D eigenvalue weighted by atomic mass is 35.5. The van der Waals surface area contributed by atoms with Gasteiger partial charge in [0.2, 0.25) is 12.7 Å². The number of fused-ring (bicyclic) bond motifs is 1. The fourth-order valence-electron chi connectivity index (χ4n) is 2.79. The summed E-state index contributed by atoms with van der Waals surface area (Å²) in [4.78, 5) is 8.76. The molecule has 7 heteroatoms. The summed E-state index contributed by atoms with van der Waals surface area (Å²) >= 11 is 6.36. The zero-order valence-corrected chi connectivity index (χ0v) is 15.1. The molecular weight excluding hydrogens is 352 g/mol. The minimum Gasteiger partial charge on any atom is -0.454 e. The van der Waals surface area contributed by atoms with Crippen molar-refractivity contribution in [3.05, 3.63) is 58.7 Å². The summed E-state index contributed by atoms with van der Waals surface area (Å²) in [6.45, 7) is 4.26. The SMILES string of the molecule is Cc1cc(C)c(Nc2ccnc(Nc3ccc4c(c3)OCO4)n2)c(Cl)c1. The highest BCUT2D eigenvalue weighted by molar-refractivity contribution is 6.33. The van der Waals surface area contributed by atoms with Crippen LogP contribution in [-0.4, -0.2) is 16.8 Å². The number of anilines is 4. The van der Waals surface area contributed by atoms with Gasteiger partial charge in [-0.15, -0.1) is 0 Å². The number of benzene rings is 2. The summed E-state index contributed by atoms with van der Waals surface area (Å²) in [5.41, 5.74) is 3.82. The molecule has 0 unspecified atom stereocenters. The second-order valence-corrected chi connectivity index (χ2v) is 6.43. The van der Waals surface area contributed by atoms with Crippen molar-refractivity contribution in [1.82, 2.24) is 9.97 Å². The van der Waals surface area contributed by atoms with E-state index in [4.69, 9.17) is 21.1 Å². The minimum atomic E-state index is 0.241. The molecular formula is C19H17ClN4O2. The van der Waals surface area contributed by atoms with Crippen LogP contribution in [0, 0.1) is 13.8 Å². The normalized spacial score (nSPS) is 12.1. The summed E-state index contributed by atoms with van der Waals surface area (Å²) in [6.07, 6.45) is 1.68. The molecule has 0 saturated carbocycles. The lowest BCUT2D eigenvalue weighted by molar-refractivity contribution is 0.174. The molecule has 2 aromatic carbocycles. The molecule has 26 heavy (non-hydrogen) atoms. The summed E-state index contributed by atoms with van der Waals surface area (Å²) < 4.78 is 10.7. The van der Waals surface area contributed by atoms with E-state index in [1.165, 1.54) is 0 Å². The van der Waals surface area contributed by atoms with Gasteiger partial charge in [-0.3, -0.25) is 0 Å². The van der Waals surface area contributed by atoms with Gasteiger partial charge in [-0.05, 0) is 49.2 Å². The molecule has 2 N–H and O–H groups in total. The first-order valence-electron chi connectivity index (χ1n) is 8.12. The van der Waals surface area contributed by atoms with Gasteiger partial charge in [0.25, 0.3) is 0 Å². The maximum absolute atomic E-state index is 6.36. The highest BCUT2D eigenvalue weighted by Crippen LogP contribution is 2.35. The van der Waals surface area contributed by atoms with Crippen molar-refractivity contribution in [2.45, 2.75) is 13.8 Å². The Hall–Kier alpha value is -2.99. The van der Waals surface area contributed by atoms with Crippen molar-refractivity contribution in [2.75, 3.05) is 17.4 Å². The Kier molecular flexibility index (Phi) is 4.26. The van der Waals surface area contributed by atoms with Crippen LogP contribution in [0.5, 0.6) is 11.5 Å². The van der Waals surface area contributed by atoms with E-state index in [2.05, 4.69) is 26.7 Å². The third-order valence-corrected chi connectivity index (χ3v) is 4.27. The van der Waals surface area contributed by atoms with E-state index in [-0.39, 0.29) is 6.79 Å². The van der Waals surface area contributed by atoms with Crippen molar-refractivity contribution >= 4 is 34.7 Å². The van der Waals surface area contributed by atoms with E-state index in [9.17, 15) is 0 Å². The number of rotatable bonds is 4. The van der Waals surface area contributed by atoms with Gasteiger partial charge in [0.15, 0.2) is 11.5 Å². The van der Waals surface area contributed by atoms with Gasteiger partial charge in [0.05, 0.1) is 10.7 Å². The lowest BCUT2D eigenvalue weighted by Gasteiger charge is -2.13. The monoisotopic (exact) mass is 368 g/mol. The van der Waals surface area contributed by atoms with Crippen LogP contribution < -0.4 is 20.1 Å². The number of aromatic nitrogens is 2. The average Bonchev–Trinajstić information content (AvgIpc) is 3.06. The number of halogens is 1. The second-order valence-electron chi connectivity index (χ2n) is 6.02.